The average molecular weight is 285 g/mol. The van der Waals surface area contributed by atoms with Gasteiger partial charge in [0.15, 0.2) is 6.19 Å². The molecule has 1 saturated carbocycles. The van der Waals surface area contributed by atoms with E-state index in [2.05, 4.69) is 10.3 Å². The standard InChI is InChI=1S/C17H23N3O/c18-14-20-17(21-16-11-5-2-6-12-16)19-13-7-10-15-8-3-1-4-9-15/h2,5-6,11-12,15H,1,3-4,7-10,13H2,(H,19,20). The monoisotopic (exact) mass is 285 g/mol. The minimum absolute atomic E-state index is 0.285. The Bertz CT molecular complexity index is 473. The zero-order valence-electron chi connectivity index (χ0n) is 12.4. The zero-order chi connectivity index (χ0) is 14.8. The number of nitrogens with one attached hydrogen (secondary N) is 1. The molecule has 1 aromatic carbocycles. The van der Waals surface area contributed by atoms with Gasteiger partial charge in [-0.1, -0.05) is 50.3 Å². The Kier molecular flexibility index (Phi) is 6.60. The number of benzene rings is 1. The maximum atomic E-state index is 8.75. The smallest absolute Gasteiger partial charge is 0.303 e. The van der Waals surface area contributed by atoms with E-state index in [1.165, 1.54) is 38.5 Å². The minimum atomic E-state index is 0.285. The molecule has 1 aliphatic carbocycles. The van der Waals surface area contributed by atoms with Crippen molar-refractivity contribution in [2.24, 2.45) is 10.9 Å². The third kappa shape index (κ3) is 5.86. The van der Waals surface area contributed by atoms with Crippen LogP contribution in [0.4, 0.5) is 0 Å². The second-order valence-electron chi connectivity index (χ2n) is 5.49. The van der Waals surface area contributed by atoms with Gasteiger partial charge in [0.1, 0.15) is 5.75 Å². The first kappa shape index (κ1) is 15.4. The fourth-order valence-corrected chi connectivity index (χ4v) is 2.78. The lowest BCUT2D eigenvalue weighted by atomic mass is 9.86. The molecule has 0 saturated heterocycles. The highest BCUT2D eigenvalue weighted by molar-refractivity contribution is 5.77. The van der Waals surface area contributed by atoms with Crippen molar-refractivity contribution in [1.29, 1.82) is 5.26 Å². The third-order valence-electron chi connectivity index (χ3n) is 3.87. The van der Waals surface area contributed by atoms with Gasteiger partial charge in [-0.25, -0.2) is 10.3 Å². The van der Waals surface area contributed by atoms with Crippen LogP contribution >= 0.6 is 0 Å². The van der Waals surface area contributed by atoms with Gasteiger partial charge in [-0.2, -0.15) is 5.26 Å². The highest BCUT2D eigenvalue weighted by Crippen LogP contribution is 2.27. The first-order valence-electron chi connectivity index (χ1n) is 7.81. The van der Waals surface area contributed by atoms with Gasteiger partial charge in [-0.3, -0.25) is 0 Å². The molecule has 1 aromatic rings. The lowest BCUT2D eigenvalue weighted by Gasteiger charge is -2.20. The third-order valence-corrected chi connectivity index (χ3v) is 3.87. The van der Waals surface area contributed by atoms with Gasteiger partial charge in [0, 0.05) is 6.54 Å². The largest absolute Gasteiger partial charge is 0.425 e. The molecule has 0 spiro atoms. The predicted molar refractivity (Wildman–Crippen MR) is 83.9 cm³/mol. The van der Waals surface area contributed by atoms with Crippen molar-refractivity contribution in [2.45, 2.75) is 44.9 Å². The minimum Gasteiger partial charge on any atom is -0.425 e. The summed E-state index contributed by atoms with van der Waals surface area (Å²) < 4.78 is 5.56. The Labute approximate surface area is 126 Å². The van der Waals surface area contributed by atoms with E-state index in [4.69, 9.17) is 10.00 Å². The molecular weight excluding hydrogens is 262 g/mol. The highest BCUT2D eigenvalue weighted by Gasteiger charge is 2.12. The molecular formula is C17H23N3O. The van der Waals surface area contributed by atoms with E-state index >= 15 is 0 Å². The van der Waals surface area contributed by atoms with Crippen LogP contribution in [-0.4, -0.2) is 12.6 Å². The van der Waals surface area contributed by atoms with Crippen LogP contribution in [-0.2, 0) is 0 Å². The number of para-hydroxylation sites is 1. The van der Waals surface area contributed by atoms with Gasteiger partial charge in [0.2, 0.25) is 0 Å². The van der Waals surface area contributed by atoms with E-state index in [1.54, 1.807) is 0 Å². The maximum Gasteiger partial charge on any atom is 0.303 e. The molecule has 112 valence electrons. The van der Waals surface area contributed by atoms with Gasteiger partial charge in [-0.05, 0) is 30.9 Å². The summed E-state index contributed by atoms with van der Waals surface area (Å²) in [6.45, 7) is 0.702. The van der Waals surface area contributed by atoms with E-state index in [0.717, 1.165) is 12.3 Å². The van der Waals surface area contributed by atoms with Crippen LogP contribution in [0.2, 0.25) is 0 Å². The molecule has 0 atom stereocenters. The van der Waals surface area contributed by atoms with E-state index in [1.807, 2.05) is 36.5 Å². The molecule has 0 amide bonds. The number of amidine groups is 1. The molecule has 0 radical (unpaired) electrons. The maximum absolute atomic E-state index is 8.75. The molecule has 0 unspecified atom stereocenters. The van der Waals surface area contributed by atoms with Crippen molar-refractivity contribution in [1.82, 2.24) is 5.32 Å². The fourth-order valence-electron chi connectivity index (χ4n) is 2.78. The molecule has 1 fully saturated rings. The van der Waals surface area contributed by atoms with Crippen molar-refractivity contribution < 1.29 is 4.74 Å². The number of rotatable bonds is 5. The summed E-state index contributed by atoms with van der Waals surface area (Å²) in [6, 6.07) is 9.68. The second-order valence-corrected chi connectivity index (χ2v) is 5.49. The van der Waals surface area contributed by atoms with E-state index < -0.39 is 0 Å². The summed E-state index contributed by atoms with van der Waals surface area (Å²) >= 11 is 0. The number of nitrogens with zero attached hydrogens (tertiary/aromatic N) is 2. The number of aliphatic imine (C=N–C) groups is 1. The van der Waals surface area contributed by atoms with Gasteiger partial charge >= 0.3 is 6.02 Å². The van der Waals surface area contributed by atoms with Crippen molar-refractivity contribution in [3.63, 3.8) is 0 Å². The number of hydrogen-bond donors (Lipinski definition) is 1. The Balaban J connectivity index is 1.76. The van der Waals surface area contributed by atoms with E-state index in [9.17, 15) is 0 Å². The van der Waals surface area contributed by atoms with Crippen LogP contribution in [0.1, 0.15) is 44.9 Å². The normalized spacial score (nSPS) is 16.2. The molecule has 4 heteroatoms. The van der Waals surface area contributed by atoms with Gasteiger partial charge in [0.05, 0.1) is 0 Å². The zero-order valence-corrected chi connectivity index (χ0v) is 12.4. The van der Waals surface area contributed by atoms with E-state index in [0.29, 0.717) is 12.3 Å². The topological polar surface area (TPSA) is 57.4 Å². The van der Waals surface area contributed by atoms with Gasteiger partial charge < -0.3 is 4.74 Å². The number of nitriles is 1. The summed E-state index contributed by atoms with van der Waals surface area (Å²) in [5.74, 6) is 1.56. The van der Waals surface area contributed by atoms with Gasteiger partial charge in [0.25, 0.3) is 0 Å². The summed E-state index contributed by atoms with van der Waals surface area (Å²) in [5.41, 5.74) is 0. The molecule has 0 aromatic heterocycles. The fraction of sp³-hybridized carbons (Fsp3) is 0.529. The Morgan fingerprint density at radius 3 is 2.71 bits per heavy atom. The molecule has 1 N–H and O–H groups in total. The number of hydrogen-bond acceptors (Lipinski definition) is 3. The molecule has 4 nitrogen and oxygen atoms in total. The average Bonchev–Trinajstić information content (AvgIpc) is 2.54. The Morgan fingerprint density at radius 2 is 2.00 bits per heavy atom. The molecule has 0 bridgehead atoms. The van der Waals surface area contributed by atoms with Crippen LogP contribution in [0.3, 0.4) is 0 Å². The Morgan fingerprint density at radius 1 is 1.24 bits per heavy atom. The predicted octanol–water partition coefficient (Wildman–Crippen LogP) is 3.85. The highest BCUT2D eigenvalue weighted by atomic mass is 16.5. The van der Waals surface area contributed by atoms with Crippen LogP contribution in [0.25, 0.3) is 0 Å². The van der Waals surface area contributed by atoms with Crippen molar-refractivity contribution in [3.8, 4) is 11.9 Å². The summed E-state index contributed by atoms with van der Waals surface area (Å²) in [4.78, 5) is 4.35. The molecule has 0 heterocycles. The number of ether oxygens (including phenoxy) is 1. The van der Waals surface area contributed by atoms with Crippen molar-refractivity contribution in [2.75, 3.05) is 6.54 Å². The van der Waals surface area contributed by atoms with Crippen LogP contribution < -0.4 is 10.1 Å². The second kappa shape index (κ2) is 9.02. The van der Waals surface area contributed by atoms with E-state index in [-0.39, 0.29) is 6.02 Å². The van der Waals surface area contributed by atoms with Gasteiger partial charge in [-0.15, -0.1) is 0 Å². The van der Waals surface area contributed by atoms with Crippen LogP contribution in [0.5, 0.6) is 5.75 Å². The SMILES string of the molecule is N#CNC(=NCCCC1CCCCC1)Oc1ccccc1. The molecule has 21 heavy (non-hydrogen) atoms. The summed E-state index contributed by atoms with van der Waals surface area (Å²) in [7, 11) is 0. The first-order chi connectivity index (χ1) is 10.4. The van der Waals surface area contributed by atoms with Crippen LogP contribution in [0.15, 0.2) is 35.3 Å². The molecule has 2 rings (SSSR count). The van der Waals surface area contributed by atoms with Crippen LogP contribution in [0, 0.1) is 17.4 Å². The summed E-state index contributed by atoms with van der Waals surface area (Å²) in [5, 5.41) is 11.3. The summed E-state index contributed by atoms with van der Waals surface area (Å²) in [6.07, 6.45) is 11.1. The lowest BCUT2D eigenvalue weighted by molar-refractivity contribution is 0.334. The Hall–Kier alpha value is -2.02. The molecule has 1 aliphatic rings. The van der Waals surface area contributed by atoms with Crippen molar-refractivity contribution in [3.05, 3.63) is 30.3 Å². The molecule has 0 aliphatic heterocycles. The quantitative estimate of drug-likeness (QED) is 0.294. The lowest BCUT2D eigenvalue weighted by Crippen LogP contribution is -2.24. The van der Waals surface area contributed by atoms with Crippen molar-refractivity contribution >= 4 is 6.02 Å². The first-order valence-corrected chi connectivity index (χ1v) is 7.81.